The monoisotopic (exact) mass is 421 g/mol. The van der Waals surface area contributed by atoms with Crippen LogP contribution in [0.4, 0.5) is 5.69 Å². The Bertz CT molecular complexity index is 899. The molecule has 7 heteroatoms. The van der Waals surface area contributed by atoms with E-state index in [1.807, 2.05) is 0 Å². The summed E-state index contributed by atoms with van der Waals surface area (Å²) < 4.78 is 0. The molecule has 0 radical (unpaired) electrons. The Morgan fingerprint density at radius 3 is 2.36 bits per heavy atom. The number of rotatable bonds is 4. The number of likely N-dealkylation sites (N-methyl/N-ethyl adjacent to an activating group) is 1. The second kappa shape index (κ2) is 9.61. The molecule has 0 saturated carbocycles. The van der Waals surface area contributed by atoms with E-state index in [1.165, 1.54) is 16.8 Å². The summed E-state index contributed by atoms with van der Waals surface area (Å²) in [6.07, 6.45) is 0.911. The first kappa shape index (κ1) is 22.5. The lowest BCUT2D eigenvalue weighted by Crippen LogP contribution is -2.44. The molecule has 152 valence electrons. The van der Waals surface area contributed by atoms with Gasteiger partial charge in [-0.15, -0.1) is 24.8 Å². The molecule has 0 aliphatic carbocycles. The number of halogens is 2. The number of hydrogen-bond donors (Lipinski definition) is 2. The molecule has 1 saturated heterocycles. The molecule has 2 aromatic carbocycles. The van der Waals surface area contributed by atoms with Crippen molar-refractivity contribution in [2.75, 3.05) is 44.7 Å². The van der Waals surface area contributed by atoms with E-state index in [1.54, 1.807) is 0 Å². The van der Waals surface area contributed by atoms with E-state index < -0.39 is 0 Å². The highest BCUT2D eigenvalue weighted by molar-refractivity contribution is 5.86. The number of fused-ring (bicyclic) bond motifs is 1. The second-order valence-electron chi connectivity index (χ2n) is 7.27. The van der Waals surface area contributed by atoms with Crippen LogP contribution in [-0.4, -0.2) is 54.6 Å². The van der Waals surface area contributed by atoms with Crippen LogP contribution in [0.1, 0.15) is 11.1 Å². The molecule has 1 aliphatic rings. The van der Waals surface area contributed by atoms with Gasteiger partial charge in [0.2, 0.25) is 0 Å². The summed E-state index contributed by atoms with van der Waals surface area (Å²) in [6.45, 7) is 7.20. The van der Waals surface area contributed by atoms with Crippen molar-refractivity contribution in [1.29, 1.82) is 0 Å². The number of benzene rings is 2. The molecule has 0 bridgehead atoms. The van der Waals surface area contributed by atoms with Crippen molar-refractivity contribution in [2.24, 2.45) is 5.73 Å². The number of H-pyrrole nitrogens is 1. The standard InChI is InChI=1S/C21H27N5.2ClH/c1-15-13-18(26-11-9-25(2)10-12-26)14-19-20(15)24-21(23-19)17-5-3-16(4-6-17)7-8-22;;/h3-6,13-14H,7-12,22H2,1-2H3,(H,23,24);2*1H. The van der Waals surface area contributed by atoms with Crippen molar-refractivity contribution in [3.05, 3.63) is 47.5 Å². The predicted molar refractivity (Wildman–Crippen MR) is 123 cm³/mol. The first-order valence-electron chi connectivity index (χ1n) is 9.37. The maximum atomic E-state index is 5.64. The molecular weight excluding hydrogens is 393 g/mol. The van der Waals surface area contributed by atoms with Crippen LogP contribution in [0.2, 0.25) is 0 Å². The Kier molecular flexibility index (Phi) is 7.72. The van der Waals surface area contributed by atoms with Gasteiger partial charge in [0.15, 0.2) is 0 Å². The molecule has 0 spiro atoms. The molecular formula is C21H29Cl2N5. The van der Waals surface area contributed by atoms with E-state index in [-0.39, 0.29) is 24.8 Å². The largest absolute Gasteiger partial charge is 0.369 e. The summed E-state index contributed by atoms with van der Waals surface area (Å²) in [5, 5.41) is 0. The van der Waals surface area contributed by atoms with E-state index >= 15 is 0 Å². The lowest BCUT2D eigenvalue weighted by atomic mass is 10.1. The summed E-state index contributed by atoms with van der Waals surface area (Å²) >= 11 is 0. The molecule has 3 N–H and O–H groups in total. The highest BCUT2D eigenvalue weighted by atomic mass is 35.5. The quantitative estimate of drug-likeness (QED) is 0.674. The van der Waals surface area contributed by atoms with Gasteiger partial charge < -0.3 is 20.5 Å². The van der Waals surface area contributed by atoms with Gasteiger partial charge in [-0.25, -0.2) is 4.98 Å². The molecule has 3 aromatic rings. The summed E-state index contributed by atoms with van der Waals surface area (Å²) in [7, 11) is 2.19. The molecule has 4 rings (SSSR count). The lowest BCUT2D eigenvalue weighted by Gasteiger charge is -2.34. The number of imidazole rings is 1. The molecule has 5 nitrogen and oxygen atoms in total. The third kappa shape index (κ3) is 4.61. The molecule has 0 unspecified atom stereocenters. The zero-order valence-corrected chi connectivity index (χ0v) is 18.1. The molecule has 1 aromatic heterocycles. The maximum absolute atomic E-state index is 5.64. The topological polar surface area (TPSA) is 61.2 Å². The Morgan fingerprint density at radius 1 is 1.04 bits per heavy atom. The molecule has 2 heterocycles. The highest BCUT2D eigenvalue weighted by Crippen LogP contribution is 2.28. The molecule has 28 heavy (non-hydrogen) atoms. The molecule has 1 aliphatic heterocycles. The van der Waals surface area contributed by atoms with Crippen LogP contribution in [0.25, 0.3) is 22.4 Å². The number of aryl methyl sites for hydroxylation is 1. The fourth-order valence-corrected chi connectivity index (χ4v) is 3.65. The Balaban J connectivity index is 0.00000140. The van der Waals surface area contributed by atoms with Gasteiger partial charge in [0, 0.05) is 37.4 Å². The minimum atomic E-state index is 0. The van der Waals surface area contributed by atoms with Crippen molar-refractivity contribution >= 4 is 41.5 Å². The average molecular weight is 422 g/mol. The molecule has 0 amide bonds. The fraction of sp³-hybridized carbons (Fsp3) is 0.381. The van der Waals surface area contributed by atoms with Gasteiger partial charge in [-0.1, -0.05) is 24.3 Å². The second-order valence-corrected chi connectivity index (χ2v) is 7.27. The third-order valence-corrected chi connectivity index (χ3v) is 5.29. The summed E-state index contributed by atoms with van der Waals surface area (Å²) in [5.41, 5.74) is 12.7. The van der Waals surface area contributed by atoms with Crippen molar-refractivity contribution < 1.29 is 0 Å². The normalized spacial score (nSPS) is 14.6. The number of aromatic amines is 1. The van der Waals surface area contributed by atoms with Gasteiger partial charge in [0.1, 0.15) is 5.82 Å². The number of nitrogens with one attached hydrogen (secondary N) is 1. The number of nitrogens with zero attached hydrogens (tertiary/aromatic N) is 3. The van der Waals surface area contributed by atoms with Crippen molar-refractivity contribution in [1.82, 2.24) is 14.9 Å². The van der Waals surface area contributed by atoms with Crippen molar-refractivity contribution in [3.63, 3.8) is 0 Å². The van der Waals surface area contributed by atoms with Crippen LogP contribution < -0.4 is 10.6 Å². The number of hydrogen-bond acceptors (Lipinski definition) is 4. The Labute approximate surface area is 179 Å². The van der Waals surface area contributed by atoms with Crippen LogP contribution >= 0.6 is 24.8 Å². The van der Waals surface area contributed by atoms with E-state index in [0.29, 0.717) is 6.54 Å². The third-order valence-electron chi connectivity index (χ3n) is 5.29. The zero-order chi connectivity index (χ0) is 18.1. The average Bonchev–Trinajstić information content (AvgIpc) is 3.08. The van der Waals surface area contributed by atoms with Gasteiger partial charge in [-0.2, -0.15) is 0 Å². The van der Waals surface area contributed by atoms with Crippen LogP contribution in [0.5, 0.6) is 0 Å². The van der Waals surface area contributed by atoms with E-state index in [2.05, 4.69) is 65.2 Å². The van der Waals surface area contributed by atoms with E-state index in [0.717, 1.165) is 55.0 Å². The Hall–Kier alpha value is -1.79. The Morgan fingerprint density at radius 2 is 1.71 bits per heavy atom. The predicted octanol–water partition coefficient (Wildman–Crippen LogP) is 3.63. The summed E-state index contributed by atoms with van der Waals surface area (Å²) in [6, 6.07) is 13.0. The van der Waals surface area contributed by atoms with E-state index in [9.17, 15) is 0 Å². The summed E-state index contributed by atoms with van der Waals surface area (Å²) in [4.78, 5) is 13.2. The van der Waals surface area contributed by atoms with Crippen LogP contribution in [0.3, 0.4) is 0 Å². The van der Waals surface area contributed by atoms with Gasteiger partial charge in [0.25, 0.3) is 0 Å². The van der Waals surface area contributed by atoms with Gasteiger partial charge in [-0.3, -0.25) is 0 Å². The zero-order valence-electron chi connectivity index (χ0n) is 16.4. The minimum Gasteiger partial charge on any atom is -0.369 e. The summed E-state index contributed by atoms with van der Waals surface area (Å²) in [5.74, 6) is 0.929. The smallest absolute Gasteiger partial charge is 0.138 e. The fourth-order valence-electron chi connectivity index (χ4n) is 3.65. The van der Waals surface area contributed by atoms with Gasteiger partial charge in [0.05, 0.1) is 11.0 Å². The van der Waals surface area contributed by atoms with Gasteiger partial charge in [-0.05, 0) is 50.2 Å². The number of anilines is 1. The van der Waals surface area contributed by atoms with Crippen LogP contribution in [0.15, 0.2) is 36.4 Å². The molecule has 0 atom stereocenters. The van der Waals surface area contributed by atoms with Crippen molar-refractivity contribution in [3.8, 4) is 11.4 Å². The number of piperazine rings is 1. The lowest BCUT2D eigenvalue weighted by molar-refractivity contribution is 0.313. The highest BCUT2D eigenvalue weighted by Gasteiger charge is 2.16. The van der Waals surface area contributed by atoms with Crippen LogP contribution in [-0.2, 0) is 6.42 Å². The van der Waals surface area contributed by atoms with Crippen LogP contribution in [0, 0.1) is 6.92 Å². The number of nitrogens with two attached hydrogens (primary N) is 1. The first-order chi connectivity index (χ1) is 12.6. The van der Waals surface area contributed by atoms with Crippen molar-refractivity contribution in [2.45, 2.75) is 13.3 Å². The SMILES string of the molecule is Cc1cc(N2CCN(C)CC2)cc2[nH]c(-c3ccc(CCN)cc3)nc12.Cl.Cl. The molecule has 1 fully saturated rings. The maximum Gasteiger partial charge on any atom is 0.138 e. The van der Waals surface area contributed by atoms with Gasteiger partial charge >= 0.3 is 0 Å². The van der Waals surface area contributed by atoms with E-state index in [4.69, 9.17) is 10.7 Å². The minimum absolute atomic E-state index is 0. The first-order valence-corrected chi connectivity index (χ1v) is 9.37. The number of aromatic nitrogens is 2.